The maximum Gasteiger partial charge on any atom is 0.324 e. The summed E-state index contributed by atoms with van der Waals surface area (Å²) >= 11 is 0. The van der Waals surface area contributed by atoms with Gasteiger partial charge < -0.3 is 4.90 Å². The largest absolute Gasteiger partial charge is 0.324 e. The van der Waals surface area contributed by atoms with E-state index in [1.54, 1.807) is 4.90 Å². The van der Waals surface area contributed by atoms with Gasteiger partial charge >= 0.3 is 6.03 Å². The Balaban J connectivity index is 2.56. The summed E-state index contributed by atoms with van der Waals surface area (Å²) in [5.74, 6) is -0.167. The Hall–Kier alpha value is -1.06. The monoisotopic (exact) mass is 170 g/mol. The number of rotatable bonds is 2. The lowest BCUT2D eigenvalue weighted by molar-refractivity contribution is -0.121. The summed E-state index contributed by atoms with van der Waals surface area (Å²) in [6.45, 7) is 4.56. The van der Waals surface area contributed by atoms with E-state index in [0.717, 1.165) is 6.42 Å². The van der Waals surface area contributed by atoms with Crippen molar-refractivity contribution in [1.29, 1.82) is 0 Å². The van der Waals surface area contributed by atoms with Gasteiger partial charge in [-0.1, -0.05) is 6.92 Å². The molecule has 1 rings (SSSR count). The molecule has 0 spiro atoms. The molecule has 0 aromatic carbocycles. The van der Waals surface area contributed by atoms with Crippen LogP contribution in [-0.4, -0.2) is 29.4 Å². The summed E-state index contributed by atoms with van der Waals surface area (Å²) in [4.78, 5) is 23.7. The van der Waals surface area contributed by atoms with Crippen molar-refractivity contribution in [1.82, 2.24) is 10.2 Å². The minimum absolute atomic E-state index is 0.167. The second kappa shape index (κ2) is 3.56. The number of amides is 3. The van der Waals surface area contributed by atoms with Crippen molar-refractivity contribution in [2.75, 3.05) is 6.54 Å². The molecule has 4 heteroatoms. The van der Waals surface area contributed by atoms with Crippen LogP contribution in [0.5, 0.6) is 0 Å². The molecule has 1 atom stereocenters. The van der Waals surface area contributed by atoms with Crippen molar-refractivity contribution in [3.63, 3.8) is 0 Å². The molecule has 0 saturated carbocycles. The molecule has 3 amide bonds. The first-order valence-electron chi connectivity index (χ1n) is 4.25. The fourth-order valence-electron chi connectivity index (χ4n) is 1.22. The van der Waals surface area contributed by atoms with Crippen LogP contribution in [0.25, 0.3) is 0 Å². The normalized spacial score (nSPS) is 20.7. The molecular weight excluding hydrogens is 156 g/mol. The van der Waals surface area contributed by atoms with Crippen molar-refractivity contribution in [3.05, 3.63) is 0 Å². The van der Waals surface area contributed by atoms with Crippen LogP contribution in [0.1, 0.15) is 26.7 Å². The van der Waals surface area contributed by atoms with E-state index < -0.39 is 0 Å². The van der Waals surface area contributed by atoms with Crippen LogP contribution < -0.4 is 5.32 Å². The van der Waals surface area contributed by atoms with Gasteiger partial charge in [-0.25, -0.2) is 4.79 Å². The Morgan fingerprint density at radius 2 is 2.25 bits per heavy atom. The van der Waals surface area contributed by atoms with Crippen LogP contribution in [0, 0.1) is 0 Å². The van der Waals surface area contributed by atoms with E-state index in [1.165, 1.54) is 0 Å². The second-order valence-electron chi connectivity index (χ2n) is 3.05. The van der Waals surface area contributed by atoms with Gasteiger partial charge in [0.05, 0.1) is 0 Å². The number of hydrogen-bond acceptors (Lipinski definition) is 2. The highest BCUT2D eigenvalue weighted by atomic mass is 16.2. The van der Waals surface area contributed by atoms with Crippen LogP contribution >= 0.6 is 0 Å². The maximum absolute atomic E-state index is 11.2. The Morgan fingerprint density at radius 3 is 2.75 bits per heavy atom. The third-order valence-electron chi connectivity index (χ3n) is 2.21. The molecular formula is C8H14N2O2. The number of imide groups is 1. The third kappa shape index (κ3) is 1.75. The summed E-state index contributed by atoms with van der Waals surface area (Å²) in [7, 11) is 0. The van der Waals surface area contributed by atoms with E-state index >= 15 is 0 Å². The molecule has 0 unspecified atom stereocenters. The molecule has 1 N–H and O–H groups in total. The maximum atomic E-state index is 11.2. The van der Waals surface area contributed by atoms with Gasteiger partial charge in [-0.2, -0.15) is 0 Å². The summed E-state index contributed by atoms with van der Waals surface area (Å²) in [6, 6.07) is -0.0290. The van der Waals surface area contributed by atoms with Crippen molar-refractivity contribution in [2.24, 2.45) is 0 Å². The molecule has 68 valence electrons. The predicted molar refractivity (Wildman–Crippen MR) is 44.6 cm³/mol. The fourth-order valence-corrected chi connectivity index (χ4v) is 1.22. The van der Waals surface area contributed by atoms with Crippen LogP contribution in [0.3, 0.4) is 0 Å². The molecule has 1 saturated heterocycles. The van der Waals surface area contributed by atoms with Crippen LogP contribution in [0.4, 0.5) is 4.79 Å². The molecule has 0 aromatic heterocycles. The Bertz CT molecular complexity index is 203. The van der Waals surface area contributed by atoms with Crippen LogP contribution in [0.2, 0.25) is 0 Å². The van der Waals surface area contributed by atoms with Crippen molar-refractivity contribution < 1.29 is 9.59 Å². The van der Waals surface area contributed by atoms with Gasteiger partial charge in [-0.15, -0.1) is 0 Å². The molecule has 0 radical (unpaired) electrons. The fraction of sp³-hybridized carbons (Fsp3) is 0.750. The van der Waals surface area contributed by atoms with E-state index in [1.807, 2.05) is 13.8 Å². The first kappa shape index (κ1) is 9.03. The van der Waals surface area contributed by atoms with Crippen molar-refractivity contribution >= 4 is 11.9 Å². The SMILES string of the molecule is CC[C@H](C)N1CCC(=O)NC1=O. The zero-order valence-corrected chi connectivity index (χ0v) is 7.46. The number of nitrogens with zero attached hydrogens (tertiary/aromatic N) is 1. The Labute approximate surface area is 71.9 Å². The molecule has 0 aliphatic carbocycles. The average molecular weight is 170 g/mol. The number of nitrogens with one attached hydrogen (secondary N) is 1. The lowest BCUT2D eigenvalue weighted by Gasteiger charge is -2.31. The Kier molecular flexibility index (Phi) is 2.68. The van der Waals surface area contributed by atoms with Gasteiger partial charge in [0, 0.05) is 19.0 Å². The standard InChI is InChI=1S/C8H14N2O2/c1-3-6(2)10-5-4-7(11)9-8(10)12/h6H,3-5H2,1-2H3,(H,9,11,12)/t6-/m0/s1. The summed E-state index contributed by atoms with van der Waals surface area (Å²) in [5.41, 5.74) is 0. The van der Waals surface area contributed by atoms with E-state index in [2.05, 4.69) is 5.32 Å². The zero-order valence-electron chi connectivity index (χ0n) is 7.46. The molecule has 1 fully saturated rings. The van der Waals surface area contributed by atoms with Gasteiger partial charge in [0.15, 0.2) is 0 Å². The first-order chi connectivity index (χ1) is 5.65. The summed E-state index contributed by atoms with van der Waals surface area (Å²) < 4.78 is 0. The highest BCUT2D eigenvalue weighted by molar-refractivity contribution is 5.96. The highest BCUT2D eigenvalue weighted by Crippen LogP contribution is 2.08. The van der Waals surface area contributed by atoms with E-state index in [9.17, 15) is 9.59 Å². The Morgan fingerprint density at radius 1 is 1.58 bits per heavy atom. The number of hydrogen-bond donors (Lipinski definition) is 1. The molecule has 0 bridgehead atoms. The lowest BCUT2D eigenvalue weighted by Crippen LogP contribution is -2.52. The second-order valence-corrected chi connectivity index (χ2v) is 3.05. The highest BCUT2D eigenvalue weighted by Gasteiger charge is 2.25. The lowest BCUT2D eigenvalue weighted by atomic mass is 10.2. The number of carbonyl (C=O) groups excluding carboxylic acids is 2. The summed E-state index contributed by atoms with van der Waals surface area (Å²) in [5, 5.41) is 2.29. The quantitative estimate of drug-likeness (QED) is 0.664. The van der Waals surface area contributed by atoms with Gasteiger partial charge in [0.25, 0.3) is 0 Å². The van der Waals surface area contributed by atoms with E-state index in [4.69, 9.17) is 0 Å². The average Bonchev–Trinajstić information content (AvgIpc) is 2.03. The predicted octanol–water partition coefficient (Wildman–Crippen LogP) is 0.727. The van der Waals surface area contributed by atoms with Crippen molar-refractivity contribution in [3.8, 4) is 0 Å². The smallest absolute Gasteiger partial charge is 0.321 e. The molecule has 12 heavy (non-hydrogen) atoms. The zero-order chi connectivity index (χ0) is 9.14. The minimum atomic E-state index is -0.249. The van der Waals surface area contributed by atoms with Gasteiger partial charge in [0.1, 0.15) is 0 Å². The molecule has 0 aromatic rings. The molecule has 4 nitrogen and oxygen atoms in total. The van der Waals surface area contributed by atoms with Gasteiger partial charge in [-0.05, 0) is 13.3 Å². The number of urea groups is 1. The van der Waals surface area contributed by atoms with Crippen LogP contribution in [0.15, 0.2) is 0 Å². The van der Waals surface area contributed by atoms with E-state index in [-0.39, 0.29) is 18.0 Å². The van der Waals surface area contributed by atoms with E-state index in [0.29, 0.717) is 13.0 Å². The van der Waals surface area contributed by atoms with Gasteiger partial charge in [0.2, 0.25) is 5.91 Å². The molecule has 1 aliphatic rings. The topological polar surface area (TPSA) is 49.4 Å². The minimum Gasteiger partial charge on any atom is -0.321 e. The van der Waals surface area contributed by atoms with Crippen molar-refractivity contribution in [2.45, 2.75) is 32.7 Å². The first-order valence-corrected chi connectivity index (χ1v) is 4.25. The number of carbonyl (C=O) groups is 2. The van der Waals surface area contributed by atoms with Gasteiger partial charge in [-0.3, -0.25) is 10.1 Å². The van der Waals surface area contributed by atoms with Crippen LogP contribution in [-0.2, 0) is 4.79 Å². The molecule has 1 aliphatic heterocycles. The third-order valence-corrected chi connectivity index (χ3v) is 2.21. The molecule has 1 heterocycles. The summed E-state index contributed by atoms with van der Waals surface area (Å²) in [6.07, 6.45) is 1.34.